The molecular weight excluding hydrogens is 384 g/mol. The lowest BCUT2D eigenvalue weighted by molar-refractivity contribution is -0.119. The molecule has 1 aromatic rings. The Labute approximate surface area is 154 Å². The number of carbonyl (C=O) groups is 2. The number of hydrogen-bond acceptors (Lipinski definition) is 6. The fourth-order valence-electron chi connectivity index (χ4n) is 3.13. The zero-order valence-corrected chi connectivity index (χ0v) is 15.3. The fourth-order valence-corrected chi connectivity index (χ4v) is 4.80. The number of rotatable bonds is 4. The van der Waals surface area contributed by atoms with E-state index in [2.05, 4.69) is 10.6 Å². The van der Waals surface area contributed by atoms with Gasteiger partial charge >= 0.3 is 6.09 Å². The van der Waals surface area contributed by atoms with Gasteiger partial charge in [0, 0.05) is 25.6 Å². The molecule has 1 unspecified atom stereocenters. The summed E-state index contributed by atoms with van der Waals surface area (Å²) in [5, 5.41) is 4.00. The molecule has 2 fully saturated rings. The van der Waals surface area contributed by atoms with Crippen molar-refractivity contribution >= 4 is 27.5 Å². The topological polar surface area (TPSA) is 105 Å². The third-order valence-corrected chi connectivity index (χ3v) is 6.52. The molecule has 2 amide bonds. The second kappa shape index (κ2) is 7.39. The maximum Gasteiger partial charge on any atom is 0.414 e. The van der Waals surface area contributed by atoms with E-state index in [1.165, 1.54) is 6.92 Å². The van der Waals surface area contributed by atoms with Crippen molar-refractivity contribution in [2.45, 2.75) is 18.3 Å². The number of carbonyl (C=O) groups excluding carboxylic acids is 2. The minimum absolute atomic E-state index is 0.000618. The lowest BCUT2D eigenvalue weighted by atomic mass is 10.1. The van der Waals surface area contributed by atoms with Crippen LogP contribution < -0.4 is 15.5 Å². The van der Waals surface area contributed by atoms with Crippen LogP contribution in [0.3, 0.4) is 0 Å². The molecule has 0 radical (unpaired) electrons. The van der Waals surface area contributed by atoms with Crippen LogP contribution in [-0.2, 0) is 19.4 Å². The van der Waals surface area contributed by atoms with Gasteiger partial charge in [-0.1, -0.05) is 0 Å². The van der Waals surface area contributed by atoms with E-state index in [0.717, 1.165) is 17.0 Å². The number of hydrogen-bond donors (Lipinski definition) is 2. The number of nitrogens with one attached hydrogen (secondary N) is 2. The second-order valence-corrected chi connectivity index (χ2v) is 8.74. The first-order valence-corrected chi connectivity index (χ1v) is 10.0. The number of benzene rings is 1. The predicted octanol–water partition coefficient (Wildman–Crippen LogP) is 0.485. The smallest absolute Gasteiger partial charge is 0.414 e. The number of anilines is 1. The fraction of sp³-hybridized carbons (Fsp3) is 0.500. The molecule has 2 atom stereocenters. The summed E-state index contributed by atoms with van der Waals surface area (Å²) < 4.78 is 58.6. The summed E-state index contributed by atoms with van der Waals surface area (Å²) in [5.41, 5.74) is -0.612. The van der Waals surface area contributed by atoms with Crippen LogP contribution in [-0.4, -0.2) is 58.5 Å². The first-order chi connectivity index (χ1) is 12.7. The van der Waals surface area contributed by atoms with Crippen LogP contribution in [0.25, 0.3) is 0 Å². The van der Waals surface area contributed by atoms with Crippen LogP contribution in [0.5, 0.6) is 0 Å². The molecule has 2 heterocycles. The average Bonchev–Trinajstić information content (AvgIpc) is 2.94. The van der Waals surface area contributed by atoms with E-state index in [-0.39, 0.29) is 43.5 Å². The van der Waals surface area contributed by atoms with E-state index in [4.69, 9.17) is 4.74 Å². The number of halogens is 2. The van der Waals surface area contributed by atoms with E-state index in [9.17, 15) is 26.8 Å². The van der Waals surface area contributed by atoms with Gasteiger partial charge in [-0.3, -0.25) is 9.69 Å². The number of sulfone groups is 1. The number of cyclic esters (lactones) is 1. The van der Waals surface area contributed by atoms with E-state index in [1.54, 1.807) is 0 Å². The Morgan fingerprint density at radius 1 is 1.37 bits per heavy atom. The zero-order valence-electron chi connectivity index (χ0n) is 14.5. The van der Waals surface area contributed by atoms with Gasteiger partial charge in [0.25, 0.3) is 0 Å². The summed E-state index contributed by atoms with van der Waals surface area (Å²) in [6, 6.07) is 1.84. The summed E-state index contributed by atoms with van der Waals surface area (Å²) >= 11 is 0. The van der Waals surface area contributed by atoms with Crippen molar-refractivity contribution in [3.05, 3.63) is 29.3 Å². The lowest BCUT2D eigenvalue weighted by Crippen LogP contribution is -2.39. The van der Waals surface area contributed by atoms with E-state index in [1.807, 2.05) is 0 Å². The van der Waals surface area contributed by atoms with Gasteiger partial charge in [0.15, 0.2) is 9.84 Å². The molecule has 2 aliphatic heterocycles. The van der Waals surface area contributed by atoms with Crippen molar-refractivity contribution in [3.8, 4) is 0 Å². The standard InChI is InChI=1S/C16H19F2N3O5S/c1-9(22)20-6-11-8-21(16(23)26-11)10-4-12(17)15(13(18)5-10)14-7-19-2-3-27(14,24)25/h4-5,11,14,19H,2-3,6-8H2,1H3,(H,20,22)/t11-,14?/m0/s1. The van der Waals surface area contributed by atoms with Gasteiger partial charge in [-0.2, -0.15) is 0 Å². The van der Waals surface area contributed by atoms with E-state index >= 15 is 0 Å². The Morgan fingerprint density at radius 3 is 2.63 bits per heavy atom. The van der Waals surface area contributed by atoms with Crippen molar-refractivity contribution < 1.29 is 31.5 Å². The summed E-state index contributed by atoms with van der Waals surface area (Å²) in [7, 11) is -3.68. The SMILES string of the molecule is CC(=O)NC[C@H]1CN(c2cc(F)c(C3CNCCS3(=O)=O)c(F)c2)C(=O)O1. The molecule has 0 bridgehead atoms. The van der Waals surface area contributed by atoms with E-state index in [0.29, 0.717) is 0 Å². The molecule has 8 nitrogen and oxygen atoms in total. The average molecular weight is 403 g/mol. The Balaban J connectivity index is 1.85. The Bertz CT molecular complexity index is 854. The van der Waals surface area contributed by atoms with Gasteiger partial charge < -0.3 is 15.4 Å². The lowest BCUT2D eigenvalue weighted by Gasteiger charge is -2.25. The molecule has 0 aliphatic carbocycles. The van der Waals surface area contributed by atoms with Crippen molar-refractivity contribution in [2.24, 2.45) is 0 Å². The van der Waals surface area contributed by atoms with Gasteiger partial charge in [0.2, 0.25) is 5.91 Å². The van der Waals surface area contributed by atoms with Gasteiger partial charge in [-0.05, 0) is 12.1 Å². The molecular formula is C16H19F2N3O5S. The largest absolute Gasteiger partial charge is 0.442 e. The third kappa shape index (κ3) is 4.03. The van der Waals surface area contributed by atoms with Crippen LogP contribution >= 0.6 is 0 Å². The molecule has 11 heteroatoms. The number of ether oxygens (including phenoxy) is 1. The molecule has 27 heavy (non-hydrogen) atoms. The molecule has 2 aliphatic rings. The molecule has 2 saturated heterocycles. The highest BCUT2D eigenvalue weighted by Crippen LogP contribution is 2.33. The number of amides is 2. The molecule has 0 spiro atoms. The van der Waals surface area contributed by atoms with Gasteiger partial charge in [0.1, 0.15) is 23.0 Å². The maximum absolute atomic E-state index is 14.6. The summed E-state index contributed by atoms with van der Waals surface area (Å²) in [4.78, 5) is 24.0. The van der Waals surface area contributed by atoms with Crippen LogP contribution in [0.15, 0.2) is 12.1 Å². The number of nitrogens with zero attached hydrogens (tertiary/aromatic N) is 1. The minimum atomic E-state index is -3.68. The Morgan fingerprint density at radius 2 is 2.04 bits per heavy atom. The quantitative estimate of drug-likeness (QED) is 0.758. The predicted molar refractivity (Wildman–Crippen MR) is 92.1 cm³/mol. The Kier molecular flexibility index (Phi) is 5.33. The van der Waals surface area contributed by atoms with Crippen LogP contribution in [0.1, 0.15) is 17.7 Å². The molecule has 2 N–H and O–H groups in total. The molecule has 1 aromatic carbocycles. The second-order valence-electron chi connectivity index (χ2n) is 6.44. The first-order valence-electron chi connectivity index (χ1n) is 8.33. The van der Waals surface area contributed by atoms with Crippen molar-refractivity contribution in [2.75, 3.05) is 36.8 Å². The molecule has 0 saturated carbocycles. The maximum atomic E-state index is 14.6. The summed E-state index contributed by atoms with van der Waals surface area (Å²) in [5.74, 6) is -2.59. The minimum Gasteiger partial charge on any atom is -0.442 e. The molecule has 3 rings (SSSR count). The molecule has 0 aromatic heterocycles. The Hall–Kier alpha value is -2.27. The van der Waals surface area contributed by atoms with Crippen LogP contribution in [0.2, 0.25) is 0 Å². The normalized spacial score (nSPS) is 24.6. The van der Waals surface area contributed by atoms with Gasteiger partial charge in [-0.25, -0.2) is 22.0 Å². The third-order valence-electron chi connectivity index (χ3n) is 4.48. The monoisotopic (exact) mass is 403 g/mol. The zero-order chi connectivity index (χ0) is 19.8. The van der Waals surface area contributed by atoms with Crippen LogP contribution in [0, 0.1) is 11.6 Å². The van der Waals surface area contributed by atoms with Crippen LogP contribution in [0.4, 0.5) is 19.3 Å². The van der Waals surface area contributed by atoms with Gasteiger partial charge in [0.05, 0.1) is 24.5 Å². The summed E-state index contributed by atoms with van der Waals surface area (Å²) in [6.45, 7) is 1.54. The van der Waals surface area contributed by atoms with E-state index < -0.39 is 44.5 Å². The first kappa shape index (κ1) is 19.5. The van der Waals surface area contributed by atoms with Crippen molar-refractivity contribution in [1.29, 1.82) is 0 Å². The highest BCUT2D eigenvalue weighted by molar-refractivity contribution is 7.91. The van der Waals surface area contributed by atoms with Crippen molar-refractivity contribution in [3.63, 3.8) is 0 Å². The molecule has 148 valence electrons. The van der Waals surface area contributed by atoms with Crippen molar-refractivity contribution in [1.82, 2.24) is 10.6 Å². The highest BCUT2D eigenvalue weighted by atomic mass is 32.2. The summed E-state index contributed by atoms with van der Waals surface area (Å²) in [6.07, 6.45) is -1.46. The van der Waals surface area contributed by atoms with Gasteiger partial charge in [-0.15, -0.1) is 0 Å². The highest BCUT2D eigenvalue weighted by Gasteiger charge is 2.37.